The number of pyridine rings is 1. The first kappa shape index (κ1) is 15.1. The normalized spacial score (nSPS) is 13.5. The maximum Gasteiger partial charge on any atom is 0.148 e. The molecular formula is C19H16FN5. The second-order valence-corrected chi connectivity index (χ2v) is 5.64. The first-order chi connectivity index (χ1) is 12.2. The third-order valence-electron chi connectivity index (χ3n) is 3.90. The summed E-state index contributed by atoms with van der Waals surface area (Å²) in [5, 5.41) is 6.17. The molecule has 6 heteroatoms. The zero-order chi connectivity index (χ0) is 17.2. The molecule has 0 fully saturated rings. The lowest BCUT2D eigenvalue weighted by atomic mass is 10.2. The first-order valence-electron chi connectivity index (χ1n) is 7.89. The average molecular weight is 333 g/mol. The van der Waals surface area contributed by atoms with Crippen LogP contribution in [0.2, 0.25) is 0 Å². The van der Waals surface area contributed by atoms with Crippen molar-refractivity contribution in [2.24, 2.45) is 0 Å². The van der Waals surface area contributed by atoms with Crippen LogP contribution in [-0.2, 0) is 0 Å². The first-order valence-corrected chi connectivity index (χ1v) is 7.89. The molecule has 1 aliphatic rings. The number of anilines is 1. The van der Waals surface area contributed by atoms with Crippen molar-refractivity contribution in [3.8, 4) is 5.69 Å². The van der Waals surface area contributed by atoms with E-state index in [1.165, 1.54) is 6.07 Å². The molecule has 4 rings (SSSR count). The number of nitrogens with one attached hydrogen (secondary N) is 1. The van der Waals surface area contributed by atoms with Gasteiger partial charge in [-0.3, -0.25) is 15.4 Å². The van der Waals surface area contributed by atoms with Crippen LogP contribution >= 0.6 is 0 Å². The molecule has 1 aromatic carbocycles. The molecule has 2 aromatic heterocycles. The van der Waals surface area contributed by atoms with Crippen LogP contribution in [0.5, 0.6) is 0 Å². The number of hydrazine groups is 1. The van der Waals surface area contributed by atoms with E-state index in [1.807, 2.05) is 48.5 Å². The number of rotatable bonds is 3. The zero-order valence-corrected chi connectivity index (χ0v) is 13.6. The minimum atomic E-state index is -0.319. The number of aryl methyl sites for hydroxylation is 1. The van der Waals surface area contributed by atoms with Crippen LogP contribution in [0.4, 0.5) is 10.1 Å². The van der Waals surface area contributed by atoms with Crippen LogP contribution in [0.25, 0.3) is 11.4 Å². The second-order valence-electron chi connectivity index (χ2n) is 5.64. The van der Waals surface area contributed by atoms with Crippen molar-refractivity contribution in [3.63, 3.8) is 0 Å². The van der Waals surface area contributed by atoms with Gasteiger partial charge in [-0.15, -0.1) is 0 Å². The number of hydrogen-bond donors (Lipinski definition) is 1. The standard InChI is InChI=1S/C19H16FN5/c1-14-13-15(8-10-21-14)24-12-4-6-17(23-24)19-9-11-22-25(19)18-7-3-2-5-16(18)20/h2-13,23H,1H3. The molecule has 0 aliphatic carbocycles. The van der Waals surface area contributed by atoms with E-state index in [0.717, 1.165) is 22.8 Å². The Morgan fingerprint density at radius 2 is 1.96 bits per heavy atom. The van der Waals surface area contributed by atoms with Gasteiger partial charge in [-0.2, -0.15) is 5.10 Å². The second kappa shape index (κ2) is 6.24. The molecule has 25 heavy (non-hydrogen) atoms. The van der Waals surface area contributed by atoms with E-state index in [9.17, 15) is 4.39 Å². The van der Waals surface area contributed by atoms with E-state index < -0.39 is 0 Å². The monoisotopic (exact) mass is 333 g/mol. The quantitative estimate of drug-likeness (QED) is 0.796. The van der Waals surface area contributed by atoms with Crippen LogP contribution < -0.4 is 10.4 Å². The Hall–Kier alpha value is -3.41. The van der Waals surface area contributed by atoms with Crippen molar-refractivity contribution in [2.45, 2.75) is 6.92 Å². The maximum absolute atomic E-state index is 14.2. The minimum absolute atomic E-state index is 0.319. The summed E-state index contributed by atoms with van der Waals surface area (Å²) in [6, 6.07) is 12.3. The van der Waals surface area contributed by atoms with Crippen molar-refractivity contribution in [2.75, 3.05) is 5.01 Å². The van der Waals surface area contributed by atoms with Crippen LogP contribution in [0.15, 0.2) is 73.2 Å². The largest absolute Gasteiger partial charge is 0.292 e. The maximum atomic E-state index is 14.2. The van der Waals surface area contributed by atoms with Crippen LogP contribution in [0, 0.1) is 12.7 Å². The van der Waals surface area contributed by atoms with E-state index in [2.05, 4.69) is 15.5 Å². The van der Waals surface area contributed by atoms with Gasteiger partial charge in [0.05, 0.1) is 23.3 Å². The molecule has 0 atom stereocenters. The van der Waals surface area contributed by atoms with Gasteiger partial charge in [-0.05, 0) is 49.4 Å². The van der Waals surface area contributed by atoms with Crippen molar-refractivity contribution in [1.29, 1.82) is 0 Å². The Kier molecular flexibility index (Phi) is 3.78. The van der Waals surface area contributed by atoms with E-state index in [-0.39, 0.29) is 5.82 Å². The van der Waals surface area contributed by atoms with Gasteiger partial charge in [0.2, 0.25) is 0 Å². The summed E-state index contributed by atoms with van der Waals surface area (Å²) < 4.78 is 15.7. The molecule has 0 saturated carbocycles. The molecule has 0 bridgehead atoms. The third kappa shape index (κ3) is 2.89. The molecule has 1 N–H and O–H groups in total. The number of nitrogens with zero attached hydrogens (tertiary/aromatic N) is 4. The summed E-state index contributed by atoms with van der Waals surface area (Å²) in [5.74, 6) is -0.319. The lowest BCUT2D eigenvalue weighted by Gasteiger charge is -2.27. The average Bonchev–Trinajstić information content (AvgIpc) is 3.12. The van der Waals surface area contributed by atoms with Gasteiger partial charge in [0.15, 0.2) is 0 Å². The van der Waals surface area contributed by atoms with Gasteiger partial charge in [-0.25, -0.2) is 9.07 Å². The smallest absolute Gasteiger partial charge is 0.148 e. The highest BCUT2D eigenvalue weighted by atomic mass is 19.1. The number of halogens is 1. The van der Waals surface area contributed by atoms with Crippen molar-refractivity contribution >= 4 is 11.4 Å². The summed E-state index contributed by atoms with van der Waals surface area (Å²) in [6.45, 7) is 1.95. The number of para-hydroxylation sites is 1. The Morgan fingerprint density at radius 1 is 1.08 bits per heavy atom. The van der Waals surface area contributed by atoms with Crippen LogP contribution in [0.3, 0.4) is 0 Å². The van der Waals surface area contributed by atoms with E-state index in [0.29, 0.717) is 5.69 Å². The minimum Gasteiger partial charge on any atom is -0.292 e. The molecule has 5 nitrogen and oxygen atoms in total. The molecule has 0 saturated heterocycles. The van der Waals surface area contributed by atoms with Crippen molar-refractivity contribution in [3.05, 3.63) is 90.4 Å². The van der Waals surface area contributed by atoms with Gasteiger partial charge in [-0.1, -0.05) is 12.1 Å². The fraction of sp³-hybridized carbons (Fsp3) is 0.0526. The molecule has 0 amide bonds. The molecule has 1 aliphatic heterocycles. The van der Waals surface area contributed by atoms with Crippen molar-refractivity contribution < 1.29 is 4.39 Å². The summed E-state index contributed by atoms with van der Waals surface area (Å²) in [4.78, 5) is 4.22. The van der Waals surface area contributed by atoms with Gasteiger partial charge in [0.1, 0.15) is 11.5 Å². The van der Waals surface area contributed by atoms with E-state index >= 15 is 0 Å². The molecule has 0 radical (unpaired) electrons. The molecule has 3 heterocycles. The molecule has 0 spiro atoms. The van der Waals surface area contributed by atoms with Gasteiger partial charge >= 0.3 is 0 Å². The number of allylic oxidation sites excluding steroid dienone is 2. The number of aromatic nitrogens is 3. The Labute approximate surface area is 144 Å². The van der Waals surface area contributed by atoms with Crippen LogP contribution in [0.1, 0.15) is 11.4 Å². The fourth-order valence-electron chi connectivity index (χ4n) is 2.73. The Morgan fingerprint density at radius 3 is 2.80 bits per heavy atom. The number of benzene rings is 1. The summed E-state index contributed by atoms with van der Waals surface area (Å²) in [6.07, 6.45) is 9.20. The predicted octanol–water partition coefficient (Wildman–Crippen LogP) is 3.59. The van der Waals surface area contributed by atoms with Gasteiger partial charge in [0.25, 0.3) is 0 Å². The van der Waals surface area contributed by atoms with E-state index in [1.54, 1.807) is 35.3 Å². The van der Waals surface area contributed by atoms with Crippen LogP contribution in [-0.4, -0.2) is 14.8 Å². The van der Waals surface area contributed by atoms with Gasteiger partial charge < -0.3 is 0 Å². The summed E-state index contributed by atoms with van der Waals surface area (Å²) in [5.41, 5.74) is 7.21. The lowest BCUT2D eigenvalue weighted by Crippen LogP contribution is -2.34. The SMILES string of the molecule is Cc1cc(N2C=CC=C(c3ccnn3-c3ccccc3F)N2)ccn1. The summed E-state index contributed by atoms with van der Waals surface area (Å²) in [7, 11) is 0. The molecular weight excluding hydrogens is 317 g/mol. The lowest BCUT2D eigenvalue weighted by molar-refractivity contribution is 0.609. The molecule has 124 valence electrons. The number of hydrogen-bond acceptors (Lipinski definition) is 4. The van der Waals surface area contributed by atoms with E-state index in [4.69, 9.17) is 0 Å². The molecule has 3 aromatic rings. The predicted molar refractivity (Wildman–Crippen MR) is 95.2 cm³/mol. The van der Waals surface area contributed by atoms with Crippen molar-refractivity contribution in [1.82, 2.24) is 20.2 Å². The zero-order valence-electron chi connectivity index (χ0n) is 13.6. The third-order valence-corrected chi connectivity index (χ3v) is 3.90. The Bertz CT molecular complexity index is 973. The Balaban J connectivity index is 1.68. The fourth-order valence-corrected chi connectivity index (χ4v) is 2.73. The topological polar surface area (TPSA) is 46.0 Å². The highest BCUT2D eigenvalue weighted by Crippen LogP contribution is 2.23. The highest BCUT2D eigenvalue weighted by molar-refractivity contribution is 5.69. The molecule has 0 unspecified atom stereocenters. The summed E-state index contributed by atoms with van der Waals surface area (Å²) >= 11 is 0. The highest BCUT2D eigenvalue weighted by Gasteiger charge is 2.16. The van der Waals surface area contributed by atoms with Gasteiger partial charge in [0, 0.05) is 18.1 Å².